The van der Waals surface area contributed by atoms with Crippen molar-refractivity contribution in [3.05, 3.63) is 198 Å². The Morgan fingerprint density at radius 2 is 0.881 bits per heavy atom. The van der Waals surface area contributed by atoms with Crippen LogP contribution in [0.1, 0.15) is 22.3 Å². The number of aryl methyl sites for hydroxylation is 4. The van der Waals surface area contributed by atoms with E-state index in [0.29, 0.717) is 17.5 Å². The van der Waals surface area contributed by atoms with Crippen molar-refractivity contribution < 1.29 is 0 Å². The maximum atomic E-state index is 5.25. The van der Waals surface area contributed by atoms with Gasteiger partial charge in [-0.3, -0.25) is 4.98 Å². The first-order valence-corrected chi connectivity index (χ1v) is 20.0. The molecule has 7 aromatic carbocycles. The smallest absolute Gasteiger partial charge is 0.166 e. The normalized spacial score (nSPS) is 11.4. The predicted octanol–water partition coefficient (Wildman–Crippen LogP) is 13.6. The topological polar surface area (TPSA) is 56.5 Å². The van der Waals surface area contributed by atoms with Crippen LogP contribution in [0.25, 0.3) is 95.2 Å². The van der Waals surface area contributed by atoms with Crippen LogP contribution in [0.4, 0.5) is 0 Å². The fraction of sp³-hybridized carbons (Fsp3) is 0.0741. The van der Waals surface area contributed by atoms with Crippen molar-refractivity contribution in [2.45, 2.75) is 27.7 Å². The molecule has 59 heavy (non-hydrogen) atoms. The molecule has 0 saturated heterocycles. The zero-order chi connectivity index (χ0) is 40.0. The minimum Gasteiger partial charge on any atom is -0.308 e. The Morgan fingerprint density at radius 1 is 0.373 bits per heavy atom. The maximum absolute atomic E-state index is 5.25. The number of hydrogen-bond donors (Lipinski definition) is 0. The molecule has 10 rings (SSSR count). The second kappa shape index (κ2) is 14.8. The van der Waals surface area contributed by atoms with E-state index in [9.17, 15) is 0 Å². The van der Waals surface area contributed by atoms with Gasteiger partial charge < -0.3 is 4.57 Å². The Bertz CT molecular complexity index is 3020. The summed E-state index contributed by atoms with van der Waals surface area (Å²) in [6.07, 6.45) is 1.83. The van der Waals surface area contributed by atoms with Gasteiger partial charge in [0.25, 0.3) is 0 Å². The number of fused-ring (bicyclic) bond motifs is 3. The summed E-state index contributed by atoms with van der Waals surface area (Å²) in [5, 5.41) is 2.35. The van der Waals surface area contributed by atoms with Gasteiger partial charge in [-0.05, 0) is 110 Å². The van der Waals surface area contributed by atoms with Crippen molar-refractivity contribution in [2.24, 2.45) is 0 Å². The lowest BCUT2D eigenvalue weighted by Gasteiger charge is -2.16. The summed E-state index contributed by atoms with van der Waals surface area (Å²) in [7, 11) is 0. The van der Waals surface area contributed by atoms with Crippen molar-refractivity contribution in [3.8, 4) is 73.4 Å². The van der Waals surface area contributed by atoms with Crippen molar-refractivity contribution >= 4 is 21.8 Å². The molecule has 3 heterocycles. The van der Waals surface area contributed by atoms with Crippen molar-refractivity contribution in [1.29, 1.82) is 0 Å². The van der Waals surface area contributed by atoms with Crippen LogP contribution in [0.15, 0.2) is 176 Å². The molecule has 0 N–H and O–H groups in total. The minimum atomic E-state index is 0.583. The maximum Gasteiger partial charge on any atom is 0.166 e. The molecule has 282 valence electrons. The molecule has 0 spiro atoms. The van der Waals surface area contributed by atoms with Crippen LogP contribution < -0.4 is 0 Å². The van der Waals surface area contributed by atoms with Crippen LogP contribution in [0.2, 0.25) is 0 Å². The van der Waals surface area contributed by atoms with Gasteiger partial charge in [-0.25, -0.2) is 15.0 Å². The Hall–Kier alpha value is -7.50. The molecule has 0 aliphatic rings. The van der Waals surface area contributed by atoms with E-state index < -0.39 is 0 Å². The third-order valence-electron chi connectivity index (χ3n) is 11.3. The van der Waals surface area contributed by atoms with Crippen LogP contribution >= 0.6 is 0 Å². The van der Waals surface area contributed by atoms with Gasteiger partial charge in [0.1, 0.15) is 0 Å². The standard InChI is InChI=1S/C54H41N5/c1-34-18-23-43(36(3)29-34)40-20-25-49-45(31-40)46-32-41(44-24-19-35(2)30-37(44)4)21-26-50(46)59(49)51-27-22-42(48-17-11-12-28-55-48)33-47(51)54-57-52(38-13-7-5-8-14-38)56-53(58-54)39-15-9-6-10-16-39/h5-33H,1-4H3. The summed E-state index contributed by atoms with van der Waals surface area (Å²) in [5.41, 5.74) is 17.6. The largest absolute Gasteiger partial charge is 0.308 e. The van der Waals surface area contributed by atoms with Crippen molar-refractivity contribution in [3.63, 3.8) is 0 Å². The Morgan fingerprint density at radius 3 is 1.39 bits per heavy atom. The predicted molar refractivity (Wildman–Crippen MR) is 244 cm³/mol. The lowest BCUT2D eigenvalue weighted by atomic mass is 9.95. The average molecular weight is 760 g/mol. The third-order valence-corrected chi connectivity index (χ3v) is 11.3. The van der Waals surface area contributed by atoms with Crippen LogP contribution in [-0.2, 0) is 0 Å². The SMILES string of the molecule is Cc1ccc(-c2ccc3c(c2)c2cc(-c4ccc(C)cc4C)ccc2n3-c2ccc(-c3ccccn3)cc2-c2nc(-c3ccccc3)nc(-c3ccccc3)n2)c(C)c1. The summed E-state index contributed by atoms with van der Waals surface area (Å²) in [6.45, 7) is 8.70. The molecule has 0 atom stereocenters. The van der Waals surface area contributed by atoms with Gasteiger partial charge in [0.05, 0.1) is 22.4 Å². The van der Waals surface area contributed by atoms with E-state index in [1.165, 1.54) is 55.3 Å². The molecule has 0 fully saturated rings. The summed E-state index contributed by atoms with van der Waals surface area (Å²) in [6, 6.07) is 60.0. The quantitative estimate of drug-likeness (QED) is 0.162. The minimum absolute atomic E-state index is 0.583. The van der Waals surface area contributed by atoms with Crippen LogP contribution in [0.3, 0.4) is 0 Å². The third kappa shape index (κ3) is 6.67. The van der Waals surface area contributed by atoms with Gasteiger partial charge in [-0.1, -0.05) is 132 Å². The van der Waals surface area contributed by atoms with Crippen LogP contribution in [0, 0.1) is 27.7 Å². The van der Waals surface area contributed by atoms with Gasteiger partial charge in [-0.15, -0.1) is 0 Å². The molecule has 5 heteroatoms. The lowest BCUT2D eigenvalue weighted by molar-refractivity contribution is 1.06. The number of nitrogens with zero attached hydrogens (tertiary/aromatic N) is 5. The number of rotatable bonds is 7. The molecular formula is C54H41N5. The highest BCUT2D eigenvalue weighted by Crippen LogP contribution is 2.41. The Balaban J connectivity index is 1.28. The summed E-state index contributed by atoms with van der Waals surface area (Å²) >= 11 is 0. The van der Waals surface area contributed by atoms with Crippen LogP contribution in [-0.4, -0.2) is 24.5 Å². The fourth-order valence-corrected chi connectivity index (χ4v) is 8.42. The van der Waals surface area contributed by atoms with Gasteiger partial charge in [-0.2, -0.15) is 0 Å². The molecule has 5 nitrogen and oxygen atoms in total. The molecule has 0 radical (unpaired) electrons. The first-order chi connectivity index (χ1) is 28.9. The number of hydrogen-bond acceptors (Lipinski definition) is 4. The highest BCUT2D eigenvalue weighted by atomic mass is 15.1. The van der Waals surface area contributed by atoms with E-state index >= 15 is 0 Å². The highest BCUT2D eigenvalue weighted by molar-refractivity contribution is 6.12. The molecule has 0 aliphatic carbocycles. The second-order valence-electron chi connectivity index (χ2n) is 15.4. The number of aromatic nitrogens is 5. The van der Waals surface area contributed by atoms with E-state index in [0.717, 1.165) is 44.7 Å². The molecule has 10 aromatic rings. The number of pyridine rings is 1. The molecule has 0 amide bonds. The summed E-state index contributed by atoms with van der Waals surface area (Å²) in [5.74, 6) is 1.81. The van der Waals surface area contributed by atoms with E-state index in [2.05, 4.69) is 123 Å². The molecule has 3 aromatic heterocycles. The zero-order valence-corrected chi connectivity index (χ0v) is 33.5. The second-order valence-corrected chi connectivity index (χ2v) is 15.4. The highest BCUT2D eigenvalue weighted by Gasteiger charge is 2.22. The molecule has 0 aliphatic heterocycles. The van der Waals surface area contributed by atoms with Gasteiger partial charge in [0, 0.05) is 39.2 Å². The van der Waals surface area contributed by atoms with Crippen LogP contribution in [0.5, 0.6) is 0 Å². The van der Waals surface area contributed by atoms with E-state index in [1.54, 1.807) is 0 Å². The van der Waals surface area contributed by atoms with E-state index in [4.69, 9.17) is 19.9 Å². The van der Waals surface area contributed by atoms with Crippen molar-refractivity contribution in [1.82, 2.24) is 24.5 Å². The average Bonchev–Trinajstić information content (AvgIpc) is 3.59. The summed E-state index contributed by atoms with van der Waals surface area (Å²) in [4.78, 5) is 20.3. The summed E-state index contributed by atoms with van der Waals surface area (Å²) < 4.78 is 2.38. The van der Waals surface area contributed by atoms with Gasteiger partial charge >= 0.3 is 0 Å². The molecule has 0 unspecified atom stereocenters. The van der Waals surface area contributed by atoms with E-state index in [1.807, 2.05) is 85.1 Å². The zero-order valence-electron chi connectivity index (χ0n) is 33.5. The fourth-order valence-electron chi connectivity index (χ4n) is 8.42. The van der Waals surface area contributed by atoms with Gasteiger partial charge in [0.2, 0.25) is 0 Å². The molecular weight excluding hydrogens is 719 g/mol. The molecule has 0 saturated carbocycles. The Labute approximate surface area is 344 Å². The first kappa shape index (κ1) is 35.9. The Kier molecular flexibility index (Phi) is 8.99. The van der Waals surface area contributed by atoms with E-state index in [-0.39, 0.29) is 0 Å². The molecule has 0 bridgehead atoms. The lowest BCUT2D eigenvalue weighted by Crippen LogP contribution is -2.04. The first-order valence-electron chi connectivity index (χ1n) is 20.0. The van der Waals surface area contributed by atoms with Gasteiger partial charge in [0.15, 0.2) is 17.5 Å². The monoisotopic (exact) mass is 759 g/mol. The number of benzene rings is 7. The van der Waals surface area contributed by atoms with Crippen molar-refractivity contribution in [2.75, 3.05) is 0 Å².